The van der Waals surface area contributed by atoms with Crippen molar-refractivity contribution >= 4 is 5.84 Å². The van der Waals surface area contributed by atoms with Gasteiger partial charge in [-0.05, 0) is 31.1 Å². The summed E-state index contributed by atoms with van der Waals surface area (Å²) in [5.41, 5.74) is 5.94. The van der Waals surface area contributed by atoms with Gasteiger partial charge in [0.25, 0.3) is 0 Å². The van der Waals surface area contributed by atoms with Gasteiger partial charge in [0.15, 0.2) is 5.84 Å². The SMILES string of the molecule is CC(NCC1(C(C)C)CC1)C(N)=NO. The van der Waals surface area contributed by atoms with Crippen LogP contribution in [0.15, 0.2) is 5.16 Å². The highest BCUT2D eigenvalue weighted by Crippen LogP contribution is 2.51. The molecular weight excluding hydrogens is 178 g/mol. The van der Waals surface area contributed by atoms with Crippen LogP contribution in [0.2, 0.25) is 0 Å². The van der Waals surface area contributed by atoms with Crippen LogP contribution >= 0.6 is 0 Å². The number of rotatable bonds is 5. The van der Waals surface area contributed by atoms with Crippen molar-refractivity contribution in [2.75, 3.05) is 6.54 Å². The monoisotopic (exact) mass is 199 g/mol. The molecule has 0 aromatic heterocycles. The Morgan fingerprint density at radius 1 is 1.50 bits per heavy atom. The molecule has 0 radical (unpaired) electrons. The lowest BCUT2D eigenvalue weighted by Crippen LogP contribution is -2.42. The van der Waals surface area contributed by atoms with E-state index in [-0.39, 0.29) is 11.9 Å². The summed E-state index contributed by atoms with van der Waals surface area (Å²) in [6, 6.07) is -0.0452. The Morgan fingerprint density at radius 2 is 2.07 bits per heavy atom. The molecule has 0 spiro atoms. The molecule has 0 aliphatic heterocycles. The molecule has 4 N–H and O–H groups in total. The fourth-order valence-electron chi connectivity index (χ4n) is 1.67. The highest BCUT2D eigenvalue weighted by molar-refractivity contribution is 5.84. The number of amidine groups is 1. The van der Waals surface area contributed by atoms with Crippen LogP contribution in [-0.2, 0) is 0 Å². The standard InChI is InChI=1S/C10H21N3O/c1-7(2)10(4-5-10)6-12-8(3)9(11)13-14/h7-8,12,14H,4-6H2,1-3H3,(H2,11,13). The van der Waals surface area contributed by atoms with E-state index in [0.717, 1.165) is 6.54 Å². The lowest BCUT2D eigenvalue weighted by atomic mass is 9.92. The third-order valence-electron chi connectivity index (χ3n) is 3.44. The molecule has 4 heteroatoms. The van der Waals surface area contributed by atoms with Crippen LogP contribution in [0.5, 0.6) is 0 Å². The van der Waals surface area contributed by atoms with Crippen LogP contribution in [-0.4, -0.2) is 23.6 Å². The number of nitrogens with zero attached hydrogens (tertiary/aromatic N) is 1. The van der Waals surface area contributed by atoms with Crippen molar-refractivity contribution in [2.45, 2.75) is 39.7 Å². The van der Waals surface area contributed by atoms with Crippen molar-refractivity contribution in [3.05, 3.63) is 0 Å². The second-order valence-corrected chi connectivity index (χ2v) is 4.64. The van der Waals surface area contributed by atoms with Gasteiger partial charge in [0.2, 0.25) is 0 Å². The Morgan fingerprint density at radius 3 is 2.43 bits per heavy atom. The molecule has 1 rings (SSSR count). The van der Waals surface area contributed by atoms with Gasteiger partial charge in [-0.2, -0.15) is 0 Å². The second-order valence-electron chi connectivity index (χ2n) is 4.64. The van der Waals surface area contributed by atoms with E-state index < -0.39 is 0 Å². The van der Waals surface area contributed by atoms with Gasteiger partial charge in [-0.15, -0.1) is 0 Å². The largest absolute Gasteiger partial charge is 0.409 e. The second kappa shape index (κ2) is 4.17. The molecule has 14 heavy (non-hydrogen) atoms. The highest BCUT2D eigenvalue weighted by Gasteiger charge is 2.44. The zero-order valence-electron chi connectivity index (χ0n) is 9.25. The number of hydrogen-bond donors (Lipinski definition) is 3. The van der Waals surface area contributed by atoms with Gasteiger partial charge in [-0.25, -0.2) is 0 Å². The maximum Gasteiger partial charge on any atom is 0.156 e. The Bertz CT molecular complexity index is 221. The highest BCUT2D eigenvalue weighted by atomic mass is 16.4. The summed E-state index contributed by atoms with van der Waals surface area (Å²) in [6.07, 6.45) is 2.58. The van der Waals surface area contributed by atoms with Gasteiger partial charge in [0.1, 0.15) is 0 Å². The fraction of sp³-hybridized carbons (Fsp3) is 0.900. The maximum atomic E-state index is 8.48. The van der Waals surface area contributed by atoms with E-state index in [9.17, 15) is 0 Å². The van der Waals surface area contributed by atoms with Gasteiger partial charge in [0, 0.05) is 6.54 Å². The first-order chi connectivity index (χ1) is 6.52. The van der Waals surface area contributed by atoms with Crippen molar-refractivity contribution in [1.29, 1.82) is 0 Å². The Kier molecular flexibility index (Phi) is 3.37. The van der Waals surface area contributed by atoms with Crippen LogP contribution in [0, 0.1) is 11.3 Å². The van der Waals surface area contributed by atoms with E-state index in [2.05, 4.69) is 24.3 Å². The van der Waals surface area contributed by atoms with Crippen molar-refractivity contribution < 1.29 is 5.21 Å². The molecule has 0 aromatic rings. The number of nitrogens with two attached hydrogens (primary N) is 1. The lowest BCUT2D eigenvalue weighted by molar-refractivity contribution is 0.310. The zero-order valence-corrected chi connectivity index (χ0v) is 9.25. The van der Waals surface area contributed by atoms with E-state index in [1.54, 1.807) is 0 Å². The van der Waals surface area contributed by atoms with E-state index in [4.69, 9.17) is 10.9 Å². The van der Waals surface area contributed by atoms with Crippen molar-refractivity contribution in [3.8, 4) is 0 Å². The molecule has 1 atom stereocenters. The summed E-state index contributed by atoms with van der Waals surface area (Å²) < 4.78 is 0. The van der Waals surface area contributed by atoms with Gasteiger partial charge >= 0.3 is 0 Å². The predicted molar refractivity (Wildman–Crippen MR) is 57.4 cm³/mol. The van der Waals surface area contributed by atoms with E-state index in [0.29, 0.717) is 11.3 Å². The molecule has 1 saturated carbocycles. The first kappa shape index (κ1) is 11.3. The van der Waals surface area contributed by atoms with Gasteiger partial charge in [-0.3, -0.25) is 0 Å². The van der Waals surface area contributed by atoms with Crippen molar-refractivity contribution in [1.82, 2.24) is 5.32 Å². The Hall–Kier alpha value is -0.770. The first-order valence-corrected chi connectivity index (χ1v) is 5.22. The first-order valence-electron chi connectivity index (χ1n) is 5.22. The fourth-order valence-corrected chi connectivity index (χ4v) is 1.67. The van der Waals surface area contributed by atoms with Crippen molar-refractivity contribution in [3.63, 3.8) is 0 Å². The minimum Gasteiger partial charge on any atom is -0.409 e. The molecular formula is C10H21N3O. The number of oxime groups is 1. The molecule has 4 nitrogen and oxygen atoms in total. The van der Waals surface area contributed by atoms with Crippen molar-refractivity contribution in [2.24, 2.45) is 22.2 Å². The van der Waals surface area contributed by atoms with Crippen LogP contribution in [0.1, 0.15) is 33.6 Å². The molecule has 1 fully saturated rings. The smallest absolute Gasteiger partial charge is 0.156 e. The summed E-state index contributed by atoms with van der Waals surface area (Å²) in [5, 5.41) is 14.8. The molecule has 0 amide bonds. The minimum atomic E-state index is -0.0452. The lowest BCUT2D eigenvalue weighted by Gasteiger charge is -2.22. The van der Waals surface area contributed by atoms with E-state index in [1.807, 2.05) is 6.92 Å². The van der Waals surface area contributed by atoms with E-state index >= 15 is 0 Å². The molecule has 1 unspecified atom stereocenters. The number of nitrogens with one attached hydrogen (secondary N) is 1. The van der Waals surface area contributed by atoms with Crippen LogP contribution in [0.4, 0.5) is 0 Å². The molecule has 82 valence electrons. The Labute approximate surface area is 85.6 Å². The molecule has 1 aliphatic rings. The van der Waals surface area contributed by atoms with Gasteiger partial charge in [-0.1, -0.05) is 19.0 Å². The molecule has 1 aliphatic carbocycles. The summed E-state index contributed by atoms with van der Waals surface area (Å²) in [5.74, 6) is 0.957. The third kappa shape index (κ3) is 2.38. The number of hydrogen-bond acceptors (Lipinski definition) is 3. The van der Waals surface area contributed by atoms with Gasteiger partial charge < -0.3 is 16.3 Å². The third-order valence-corrected chi connectivity index (χ3v) is 3.44. The normalized spacial score (nSPS) is 22.4. The average Bonchev–Trinajstić information content (AvgIpc) is 2.93. The average molecular weight is 199 g/mol. The Balaban J connectivity index is 2.34. The summed E-state index contributed by atoms with van der Waals surface area (Å²) in [7, 11) is 0. The minimum absolute atomic E-state index is 0.0452. The zero-order chi connectivity index (χ0) is 10.8. The predicted octanol–water partition coefficient (Wildman–Crippen LogP) is 1.15. The van der Waals surface area contributed by atoms with Crippen LogP contribution in [0.3, 0.4) is 0 Å². The maximum absolute atomic E-state index is 8.48. The van der Waals surface area contributed by atoms with Gasteiger partial charge in [0.05, 0.1) is 6.04 Å². The molecule has 0 saturated heterocycles. The summed E-state index contributed by atoms with van der Waals surface area (Å²) >= 11 is 0. The van der Waals surface area contributed by atoms with E-state index in [1.165, 1.54) is 12.8 Å². The van der Waals surface area contributed by atoms with Crippen LogP contribution < -0.4 is 11.1 Å². The summed E-state index contributed by atoms with van der Waals surface area (Å²) in [6.45, 7) is 7.37. The topological polar surface area (TPSA) is 70.6 Å². The summed E-state index contributed by atoms with van der Waals surface area (Å²) in [4.78, 5) is 0. The van der Waals surface area contributed by atoms with Crippen LogP contribution in [0.25, 0.3) is 0 Å². The molecule has 0 aromatic carbocycles. The molecule has 0 bridgehead atoms. The quantitative estimate of drug-likeness (QED) is 0.269. The molecule has 0 heterocycles.